The first-order chi connectivity index (χ1) is 13.8. The smallest absolute Gasteiger partial charge is 0.341 e. The average molecular weight is 456 g/mol. The van der Waals surface area contributed by atoms with Crippen LogP contribution < -0.4 is 10.3 Å². The van der Waals surface area contributed by atoms with Crippen molar-refractivity contribution < 1.29 is 14.3 Å². The minimum absolute atomic E-state index is 0. The van der Waals surface area contributed by atoms with Gasteiger partial charge in [0.2, 0.25) is 5.43 Å². The summed E-state index contributed by atoms with van der Waals surface area (Å²) >= 11 is 6.57. The number of anilines is 1. The maximum atomic E-state index is 15.4. The molecule has 0 amide bonds. The Kier molecular flexibility index (Phi) is 6.45. The van der Waals surface area contributed by atoms with Gasteiger partial charge in [-0.2, -0.15) is 0 Å². The lowest BCUT2D eigenvalue weighted by atomic mass is 10.0. The summed E-state index contributed by atoms with van der Waals surface area (Å²) in [5.41, 5.74) is 0.329. The second kappa shape index (κ2) is 8.57. The zero-order valence-corrected chi connectivity index (χ0v) is 18.4. The Labute approximate surface area is 184 Å². The van der Waals surface area contributed by atoms with Crippen molar-refractivity contribution in [2.24, 2.45) is 0 Å². The van der Waals surface area contributed by atoms with Crippen LogP contribution in [0.15, 0.2) is 23.1 Å². The molecule has 6 nitrogen and oxygen atoms in total. The predicted molar refractivity (Wildman–Crippen MR) is 120 cm³/mol. The molecule has 1 aliphatic carbocycles. The lowest BCUT2D eigenvalue weighted by molar-refractivity contribution is 0.0695. The molecule has 0 unspecified atom stereocenters. The molecule has 1 aromatic carbocycles. The van der Waals surface area contributed by atoms with E-state index in [4.69, 9.17) is 11.6 Å². The molecule has 2 fully saturated rings. The fraction of sp³-hybridized carbons (Fsp3) is 0.429. The fourth-order valence-electron chi connectivity index (χ4n) is 3.98. The maximum absolute atomic E-state index is 15.4. The quantitative estimate of drug-likeness (QED) is 0.755. The number of fused-ring (bicyclic) bond motifs is 1. The Morgan fingerprint density at radius 1 is 1.27 bits per heavy atom. The van der Waals surface area contributed by atoms with Crippen LogP contribution in [-0.2, 0) is 0 Å². The Bertz CT molecular complexity index is 1090. The van der Waals surface area contributed by atoms with E-state index in [1.165, 1.54) is 12.3 Å². The number of likely N-dealkylation sites (N-methyl/N-ethyl adjacent to an activating group) is 1. The number of hydrogen-bond acceptors (Lipinski definition) is 4. The summed E-state index contributed by atoms with van der Waals surface area (Å²) < 4.78 is 17.2. The Hall–Kier alpha value is -2.09. The van der Waals surface area contributed by atoms with Crippen LogP contribution in [0.5, 0.6) is 0 Å². The van der Waals surface area contributed by atoms with Crippen molar-refractivity contribution in [2.75, 3.05) is 38.1 Å². The van der Waals surface area contributed by atoms with Crippen molar-refractivity contribution in [1.29, 1.82) is 0 Å². The Balaban J connectivity index is 0.00000256. The number of halogens is 3. The second-order valence-electron chi connectivity index (χ2n) is 7.72. The highest BCUT2D eigenvalue weighted by atomic mass is 35.5. The third kappa shape index (κ3) is 3.82. The van der Waals surface area contributed by atoms with Crippen LogP contribution in [0.3, 0.4) is 0 Å². The number of aromatic nitrogens is 1. The zero-order valence-electron chi connectivity index (χ0n) is 16.8. The number of aromatic carboxylic acids is 1. The van der Waals surface area contributed by atoms with Gasteiger partial charge < -0.3 is 19.5 Å². The van der Waals surface area contributed by atoms with E-state index in [1.54, 1.807) is 17.6 Å². The van der Waals surface area contributed by atoms with Gasteiger partial charge in [0.25, 0.3) is 0 Å². The normalized spacial score (nSPS) is 17.9. The summed E-state index contributed by atoms with van der Waals surface area (Å²) in [5.74, 6) is -1.87. The zero-order chi connectivity index (χ0) is 20.9. The van der Waals surface area contributed by atoms with Crippen LogP contribution in [-0.4, -0.2) is 53.8 Å². The molecule has 2 heterocycles. The number of carboxylic acids is 1. The van der Waals surface area contributed by atoms with Crippen molar-refractivity contribution in [2.45, 2.75) is 25.8 Å². The topological polar surface area (TPSA) is 65.8 Å². The SMILES string of the molecule is CC=C(Cl)c1c(N2CCN(C)CC2)c(F)cc2c(=O)c(C(=O)O)cn(C3CC3)c12.Cl. The number of allylic oxidation sites excluding steroid dienone is 1. The van der Waals surface area contributed by atoms with Gasteiger partial charge in [-0.15, -0.1) is 12.4 Å². The van der Waals surface area contributed by atoms with Gasteiger partial charge in [0.05, 0.1) is 16.6 Å². The van der Waals surface area contributed by atoms with Gasteiger partial charge in [-0.05, 0) is 32.9 Å². The number of hydrogen-bond donors (Lipinski definition) is 1. The summed E-state index contributed by atoms with van der Waals surface area (Å²) in [4.78, 5) is 28.6. The number of nitrogens with zero attached hydrogens (tertiary/aromatic N) is 3. The second-order valence-corrected chi connectivity index (χ2v) is 8.13. The highest BCUT2D eigenvalue weighted by Crippen LogP contribution is 2.43. The van der Waals surface area contributed by atoms with Crippen molar-refractivity contribution in [3.63, 3.8) is 0 Å². The maximum Gasteiger partial charge on any atom is 0.341 e. The molecular weight excluding hydrogens is 432 g/mol. The summed E-state index contributed by atoms with van der Waals surface area (Å²) in [5, 5.41) is 9.88. The first-order valence-electron chi connectivity index (χ1n) is 9.73. The first-order valence-corrected chi connectivity index (χ1v) is 10.1. The van der Waals surface area contributed by atoms with Crippen LogP contribution in [0.2, 0.25) is 0 Å². The fourth-order valence-corrected chi connectivity index (χ4v) is 4.16. The molecule has 1 saturated carbocycles. The molecular formula is C21H24Cl2FN3O3. The molecule has 2 aliphatic rings. The molecule has 9 heteroatoms. The van der Waals surface area contributed by atoms with Crippen molar-refractivity contribution in [3.05, 3.63) is 45.5 Å². The highest BCUT2D eigenvalue weighted by molar-refractivity contribution is 6.50. The summed E-state index contributed by atoms with van der Waals surface area (Å²) in [6.07, 6.45) is 4.83. The van der Waals surface area contributed by atoms with E-state index in [1.807, 2.05) is 11.9 Å². The molecule has 0 spiro atoms. The minimum Gasteiger partial charge on any atom is -0.477 e. The minimum atomic E-state index is -1.31. The molecule has 0 atom stereocenters. The van der Waals surface area contributed by atoms with E-state index in [0.717, 1.165) is 25.9 Å². The van der Waals surface area contributed by atoms with Crippen molar-refractivity contribution in [3.8, 4) is 0 Å². The summed E-state index contributed by atoms with van der Waals surface area (Å²) in [6.45, 7) is 4.62. The number of carbonyl (C=O) groups is 1. The van der Waals surface area contributed by atoms with E-state index < -0.39 is 17.2 Å². The van der Waals surface area contributed by atoms with Gasteiger partial charge in [0, 0.05) is 49.0 Å². The van der Waals surface area contributed by atoms with Gasteiger partial charge in [0.1, 0.15) is 11.4 Å². The highest BCUT2D eigenvalue weighted by Gasteiger charge is 2.31. The number of pyridine rings is 1. The van der Waals surface area contributed by atoms with E-state index in [0.29, 0.717) is 34.9 Å². The third-order valence-electron chi connectivity index (χ3n) is 5.72. The average Bonchev–Trinajstić information content (AvgIpc) is 3.53. The molecule has 1 N–H and O–H groups in total. The largest absolute Gasteiger partial charge is 0.477 e. The van der Waals surface area contributed by atoms with E-state index in [-0.39, 0.29) is 29.4 Å². The van der Waals surface area contributed by atoms with E-state index >= 15 is 4.39 Å². The van der Waals surface area contributed by atoms with Gasteiger partial charge >= 0.3 is 5.97 Å². The van der Waals surface area contributed by atoms with Crippen LogP contribution in [0.4, 0.5) is 10.1 Å². The molecule has 162 valence electrons. The molecule has 0 radical (unpaired) electrons. The number of benzene rings is 1. The van der Waals surface area contributed by atoms with Crippen LogP contribution in [0.25, 0.3) is 15.9 Å². The van der Waals surface area contributed by atoms with Crippen molar-refractivity contribution in [1.82, 2.24) is 9.47 Å². The van der Waals surface area contributed by atoms with Gasteiger partial charge in [-0.25, -0.2) is 9.18 Å². The first kappa shape index (κ1) is 22.6. The van der Waals surface area contributed by atoms with Gasteiger partial charge in [-0.1, -0.05) is 17.7 Å². The summed E-state index contributed by atoms with van der Waals surface area (Å²) in [6, 6.07) is 1.27. The molecule has 1 aliphatic heterocycles. The molecule has 4 rings (SSSR count). The number of rotatable bonds is 4. The Morgan fingerprint density at radius 3 is 2.43 bits per heavy atom. The lowest BCUT2D eigenvalue weighted by Gasteiger charge is -2.35. The van der Waals surface area contributed by atoms with Crippen molar-refractivity contribution >= 4 is 51.6 Å². The Morgan fingerprint density at radius 2 is 1.90 bits per heavy atom. The van der Waals surface area contributed by atoms with E-state index in [9.17, 15) is 14.7 Å². The van der Waals surface area contributed by atoms with E-state index in [2.05, 4.69) is 4.90 Å². The number of carboxylic acid groups (broad SMARTS) is 1. The lowest BCUT2D eigenvalue weighted by Crippen LogP contribution is -2.45. The standard InChI is InChI=1S/C21H23ClFN3O3.ClH/c1-3-15(22)17-18-13(10-16(23)19(17)25-8-6-24(2)7-9-25)20(27)14(21(28)29)11-26(18)12-4-5-12;/h3,10-12H,4-9H2,1-2H3,(H,28,29);1H. The monoisotopic (exact) mass is 455 g/mol. The molecule has 30 heavy (non-hydrogen) atoms. The molecule has 0 bridgehead atoms. The molecule has 1 saturated heterocycles. The van der Waals surface area contributed by atoms with Crippen LogP contribution in [0.1, 0.15) is 41.7 Å². The number of piperazine rings is 1. The van der Waals surface area contributed by atoms with Gasteiger partial charge in [0.15, 0.2) is 0 Å². The molecule has 1 aromatic heterocycles. The van der Waals surface area contributed by atoms with Gasteiger partial charge in [-0.3, -0.25) is 4.79 Å². The van der Waals surface area contributed by atoms with Crippen LogP contribution >= 0.6 is 24.0 Å². The third-order valence-corrected chi connectivity index (χ3v) is 6.13. The van der Waals surface area contributed by atoms with Crippen LogP contribution in [0, 0.1) is 5.82 Å². The predicted octanol–water partition coefficient (Wildman–Crippen LogP) is 3.95. The summed E-state index contributed by atoms with van der Waals surface area (Å²) in [7, 11) is 2.02. The molecule has 2 aromatic rings.